The number of rotatable bonds is 13. The summed E-state index contributed by atoms with van der Waals surface area (Å²) >= 11 is 6.10. The Bertz CT molecular complexity index is 1430. The normalized spacial score (nSPS) is 12.7. The number of sulfonamides is 1. The van der Waals surface area contributed by atoms with Crippen molar-refractivity contribution in [2.24, 2.45) is 0 Å². The first-order valence-corrected chi connectivity index (χ1v) is 15.7. The van der Waals surface area contributed by atoms with E-state index < -0.39 is 28.5 Å². The van der Waals surface area contributed by atoms with Crippen molar-refractivity contribution in [2.75, 3.05) is 24.2 Å². The van der Waals surface area contributed by atoms with Crippen molar-refractivity contribution in [2.45, 2.75) is 52.2 Å². The molecule has 0 saturated carbocycles. The fourth-order valence-electron chi connectivity index (χ4n) is 4.37. The topological polar surface area (TPSA) is 96.0 Å². The van der Waals surface area contributed by atoms with Crippen LogP contribution in [0.3, 0.4) is 0 Å². The molecule has 8 nitrogen and oxygen atoms in total. The van der Waals surface area contributed by atoms with Gasteiger partial charge in [-0.05, 0) is 61.2 Å². The molecule has 0 bridgehead atoms. The van der Waals surface area contributed by atoms with E-state index in [4.69, 9.17) is 16.3 Å². The third-order valence-corrected chi connectivity index (χ3v) is 8.20. The number of ether oxygens (including phenoxy) is 1. The number of aryl methyl sites for hydroxylation is 1. The Hall–Kier alpha value is -3.56. The molecule has 10 heteroatoms. The summed E-state index contributed by atoms with van der Waals surface area (Å²) in [5, 5.41) is 3.55. The monoisotopic (exact) mass is 599 g/mol. The molecule has 0 aliphatic heterocycles. The van der Waals surface area contributed by atoms with Crippen LogP contribution in [0.25, 0.3) is 0 Å². The van der Waals surface area contributed by atoms with Crippen LogP contribution in [0.2, 0.25) is 5.02 Å². The summed E-state index contributed by atoms with van der Waals surface area (Å²) in [7, 11) is -2.47. The average molecular weight is 600 g/mol. The number of carbonyl (C=O) groups is 2. The maximum Gasteiger partial charge on any atom is 0.244 e. The molecule has 3 rings (SSSR count). The Morgan fingerprint density at radius 3 is 2.24 bits per heavy atom. The van der Waals surface area contributed by atoms with E-state index in [0.29, 0.717) is 17.2 Å². The molecule has 2 atom stereocenters. The first kappa shape index (κ1) is 32.0. The highest BCUT2D eigenvalue weighted by Crippen LogP contribution is 2.31. The molecule has 1 N–H and O–H groups in total. The number of halogens is 1. The largest absolute Gasteiger partial charge is 0.495 e. The van der Waals surface area contributed by atoms with E-state index in [1.807, 2.05) is 51.1 Å². The van der Waals surface area contributed by atoms with Crippen LogP contribution < -0.4 is 14.4 Å². The lowest BCUT2D eigenvalue weighted by Gasteiger charge is -2.34. The second-order valence-corrected chi connectivity index (χ2v) is 12.5. The summed E-state index contributed by atoms with van der Waals surface area (Å²) < 4.78 is 32.6. The molecule has 3 aromatic rings. The van der Waals surface area contributed by atoms with Gasteiger partial charge in [-0.15, -0.1) is 0 Å². The molecule has 0 radical (unpaired) electrons. The minimum Gasteiger partial charge on any atom is -0.495 e. The lowest BCUT2D eigenvalue weighted by atomic mass is 10.0. The van der Waals surface area contributed by atoms with Gasteiger partial charge in [0.15, 0.2) is 0 Å². The van der Waals surface area contributed by atoms with Crippen LogP contribution >= 0.6 is 11.6 Å². The number of nitrogens with one attached hydrogen (secondary N) is 1. The van der Waals surface area contributed by atoms with Gasteiger partial charge in [-0.2, -0.15) is 0 Å². The maximum atomic E-state index is 14.2. The molecule has 220 valence electrons. The van der Waals surface area contributed by atoms with E-state index in [-0.39, 0.29) is 30.6 Å². The average Bonchev–Trinajstić information content (AvgIpc) is 2.94. The quantitative estimate of drug-likeness (QED) is 0.299. The number of amides is 2. The van der Waals surface area contributed by atoms with Gasteiger partial charge in [0.25, 0.3) is 0 Å². The molecule has 41 heavy (non-hydrogen) atoms. The molecule has 2 amide bonds. The van der Waals surface area contributed by atoms with Crippen molar-refractivity contribution in [1.29, 1.82) is 0 Å². The highest BCUT2D eigenvalue weighted by atomic mass is 35.5. The van der Waals surface area contributed by atoms with Gasteiger partial charge >= 0.3 is 0 Å². The molecule has 0 unspecified atom stereocenters. The number of anilines is 1. The van der Waals surface area contributed by atoms with Gasteiger partial charge in [0.1, 0.15) is 18.3 Å². The molecule has 0 aliphatic rings. The van der Waals surface area contributed by atoms with E-state index in [2.05, 4.69) is 5.32 Å². The molecular weight excluding hydrogens is 562 g/mol. The Kier molecular flexibility index (Phi) is 11.2. The van der Waals surface area contributed by atoms with E-state index >= 15 is 0 Å². The third-order valence-electron chi connectivity index (χ3n) is 6.82. The molecule has 0 aromatic heterocycles. The first-order chi connectivity index (χ1) is 19.4. The number of methoxy groups -OCH3 is 1. The van der Waals surface area contributed by atoms with E-state index in [1.165, 1.54) is 12.0 Å². The lowest BCUT2D eigenvalue weighted by molar-refractivity contribution is -0.140. The van der Waals surface area contributed by atoms with Crippen molar-refractivity contribution in [3.8, 4) is 5.75 Å². The fourth-order valence-corrected chi connectivity index (χ4v) is 5.34. The van der Waals surface area contributed by atoms with Crippen molar-refractivity contribution < 1.29 is 22.7 Å². The van der Waals surface area contributed by atoms with Crippen LogP contribution in [0.5, 0.6) is 5.75 Å². The van der Waals surface area contributed by atoms with Crippen molar-refractivity contribution in [3.63, 3.8) is 0 Å². The van der Waals surface area contributed by atoms with Crippen LogP contribution in [-0.2, 0) is 32.6 Å². The number of hydrogen-bond donors (Lipinski definition) is 1. The summed E-state index contributed by atoms with van der Waals surface area (Å²) in [4.78, 5) is 29.4. The van der Waals surface area contributed by atoms with E-state index in [1.54, 1.807) is 42.5 Å². The molecule has 0 fully saturated rings. The highest BCUT2D eigenvalue weighted by Gasteiger charge is 2.34. The molecule has 0 spiro atoms. The molecule has 0 heterocycles. The third kappa shape index (κ3) is 8.96. The van der Waals surface area contributed by atoms with Crippen LogP contribution in [0, 0.1) is 6.92 Å². The summed E-state index contributed by atoms with van der Waals surface area (Å²) in [5.41, 5.74) is 2.66. The van der Waals surface area contributed by atoms with Gasteiger partial charge < -0.3 is 15.0 Å². The zero-order valence-electron chi connectivity index (χ0n) is 24.1. The van der Waals surface area contributed by atoms with Crippen LogP contribution in [0.4, 0.5) is 5.69 Å². The maximum absolute atomic E-state index is 14.2. The molecule has 0 aliphatic carbocycles. The minimum absolute atomic E-state index is 0.0734. The van der Waals surface area contributed by atoms with E-state index in [9.17, 15) is 18.0 Å². The van der Waals surface area contributed by atoms with Crippen molar-refractivity contribution >= 4 is 39.1 Å². The Morgan fingerprint density at radius 1 is 1.00 bits per heavy atom. The summed E-state index contributed by atoms with van der Waals surface area (Å²) in [6.07, 6.45) is 2.00. The Morgan fingerprint density at radius 2 is 1.66 bits per heavy atom. The van der Waals surface area contributed by atoms with Crippen LogP contribution in [-0.4, -0.2) is 57.1 Å². The smallest absolute Gasteiger partial charge is 0.244 e. The summed E-state index contributed by atoms with van der Waals surface area (Å²) in [5.74, 6) is -0.535. The summed E-state index contributed by atoms with van der Waals surface area (Å²) in [6, 6.07) is 20.5. The number of nitrogens with zero attached hydrogens (tertiary/aromatic N) is 2. The Balaban J connectivity index is 2.10. The predicted octanol–water partition coefficient (Wildman–Crippen LogP) is 4.98. The molecule has 3 aromatic carbocycles. The summed E-state index contributed by atoms with van der Waals surface area (Å²) in [6.45, 7) is 5.25. The van der Waals surface area contributed by atoms with Gasteiger partial charge in [0, 0.05) is 24.0 Å². The number of benzene rings is 3. The first-order valence-electron chi connectivity index (χ1n) is 13.4. The lowest BCUT2D eigenvalue weighted by Crippen LogP contribution is -2.54. The van der Waals surface area contributed by atoms with Gasteiger partial charge in [0.2, 0.25) is 21.8 Å². The molecular formula is C31H38ClN3O5S. The highest BCUT2D eigenvalue weighted by molar-refractivity contribution is 7.92. The zero-order chi connectivity index (χ0) is 30.2. The minimum atomic E-state index is -3.91. The van der Waals surface area contributed by atoms with Gasteiger partial charge in [0.05, 0.1) is 19.1 Å². The van der Waals surface area contributed by atoms with Crippen molar-refractivity contribution in [3.05, 3.63) is 94.5 Å². The number of carbonyl (C=O) groups excluding carboxylic acids is 2. The Labute approximate surface area is 248 Å². The SMILES string of the molecule is CC[C@@H](C)NC(=O)[C@@H](Cc1ccccc1)N(Cc1ccc(Cl)cc1)C(=O)CN(c1cc(C)ccc1OC)S(C)(=O)=O. The van der Waals surface area contributed by atoms with Gasteiger partial charge in [-0.3, -0.25) is 13.9 Å². The van der Waals surface area contributed by atoms with Crippen LogP contribution in [0.1, 0.15) is 37.0 Å². The predicted molar refractivity (Wildman–Crippen MR) is 164 cm³/mol. The standard InChI is InChI=1S/C31H38ClN3O5S/c1-6-23(3)33-31(37)28(19-24-10-8-7-9-11-24)34(20-25-13-15-26(32)16-14-25)30(36)21-35(41(5,38)39)27-18-22(2)12-17-29(27)40-4/h7-18,23,28H,6,19-21H2,1-5H3,(H,33,37)/t23-,28-/m1/s1. The van der Waals surface area contributed by atoms with E-state index in [0.717, 1.165) is 27.3 Å². The fraction of sp³-hybridized carbons (Fsp3) is 0.355. The van der Waals surface area contributed by atoms with Crippen molar-refractivity contribution in [1.82, 2.24) is 10.2 Å². The second kappa shape index (κ2) is 14.4. The zero-order valence-corrected chi connectivity index (χ0v) is 25.7. The van der Waals surface area contributed by atoms with Crippen LogP contribution in [0.15, 0.2) is 72.8 Å². The van der Waals surface area contributed by atoms with Gasteiger partial charge in [-0.1, -0.05) is 67.1 Å². The van der Waals surface area contributed by atoms with Gasteiger partial charge in [-0.25, -0.2) is 8.42 Å². The molecule has 0 saturated heterocycles. The second-order valence-electron chi connectivity index (χ2n) is 10.1. The number of hydrogen-bond acceptors (Lipinski definition) is 5.